The molecule has 1 aromatic rings. The van der Waals surface area contributed by atoms with E-state index in [-0.39, 0.29) is 24.8 Å². The molecule has 1 heterocycles. The average Bonchev–Trinajstić information content (AvgIpc) is 3.60. The zero-order valence-electron chi connectivity index (χ0n) is 17.5. The van der Waals surface area contributed by atoms with Crippen LogP contribution in [-0.2, 0) is 11.0 Å². The van der Waals surface area contributed by atoms with Crippen LogP contribution in [0.2, 0.25) is 0 Å². The Kier molecular flexibility index (Phi) is 7.32. The summed E-state index contributed by atoms with van der Waals surface area (Å²) < 4.78 is 39.8. The van der Waals surface area contributed by atoms with Gasteiger partial charge in [0.25, 0.3) is 11.8 Å². The minimum Gasteiger partial charge on any atom is -0.351 e. The van der Waals surface area contributed by atoms with Crippen LogP contribution in [0, 0.1) is 16.7 Å². The second-order valence-electron chi connectivity index (χ2n) is 7.99. The van der Waals surface area contributed by atoms with Crippen molar-refractivity contribution in [2.75, 3.05) is 26.3 Å². The Morgan fingerprint density at radius 2 is 1.78 bits per heavy atom. The van der Waals surface area contributed by atoms with E-state index in [2.05, 4.69) is 5.32 Å². The van der Waals surface area contributed by atoms with Gasteiger partial charge in [0.2, 0.25) is 0 Å². The van der Waals surface area contributed by atoms with E-state index in [0.717, 1.165) is 18.6 Å². The van der Waals surface area contributed by atoms with Gasteiger partial charge in [0, 0.05) is 19.6 Å². The summed E-state index contributed by atoms with van der Waals surface area (Å²) in [5, 5.41) is 18.7. The summed E-state index contributed by atoms with van der Waals surface area (Å²) in [4.78, 5) is 27.5. The van der Waals surface area contributed by atoms with Crippen molar-refractivity contribution in [3.05, 3.63) is 47.5 Å². The number of amidine groups is 1. The average molecular weight is 449 g/mol. The number of nitrogens with one attached hydrogen (secondary N) is 3. The first-order chi connectivity index (χ1) is 15.2. The summed E-state index contributed by atoms with van der Waals surface area (Å²) in [5.74, 6) is -0.626. The van der Waals surface area contributed by atoms with Gasteiger partial charge in [-0.05, 0) is 43.0 Å². The third kappa shape index (κ3) is 6.18. The van der Waals surface area contributed by atoms with Crippen LogP contribution in [0.25, 0.3) is 0 Å². The molecule has 1 aromatic carbocycles. The van der Waals surface area contributed by atoms with E-state index >= 15 is 0 Å². The second kappa shape index (κ2) is 9.97. The lowest BCUT2D eigenvalue weighted by Gasteiger charge is -2.36. The maximum atomic E-state index is 13.3. The molecule has 0 atom stereocenters. The smallest absolute Gasteiger partial charge is 0.351 e. The molecule has 32 heavy (non-hydrogen) atoms. The van der Waals surface area contributed by atoms with Gasteiger partial charge >= 0.3 is 6.18 Å². The van der Waals surface area contributed by atoms with Crippen LogP contribution in [0.5, 0.6) is 0 Å². The number of alkyl halides is 3. The molecule has 1 saturated heterocycles. The normalized spacial score (nSPS) is 16.8. The molecular formula is C22H26F3N5O2. The predicted molar refractivity (Wildman–Crippen MR) is 114 cm³/mol. The quantitative estimate of drug-likeness (QED) is 0.440. The molecule has 3 rings (SSSR count). The summed E-state index contributed by atoms with van der Waals surface area (Å²) in [6.45, 7) is 1.18. The molecule has 3 N–H and O–H groups in total. The van der Waals surface area contributed by atoms with Crippen molar-refractivity contribution in [3.63, 3.8) is 0 Å². The van der Waals surface area contributed by atoms with E-state index < -0.39 is 29.1 Å². The van der Waals surface area contributed by atoms with Crippen molar-refractivity contribution in [3.8, 4) is 0 Å². The van der Waals surface area contributed by atoms with E-state index in [1.54, 1.807) is 0 Å². The van der Waals surface area contributed by atoms with Gasteiger partial charge < -0.3 is 15.1 Å². The highest BCUT2D eigenvalue weighted by atomic mass is 19.4. The van der Waals surface area contributed by atoms with Crippen LogP contribution in [0.4, 0.5) is 13.2 Å². The molecule has 2 fully saturated rings. The molecule has 7 nitrogen and oxygen atoms in total. The summed E-state index contributed by atoms with van der Waals surface area (Å²) in [5.41, 5.74) is -1.69. The third-order valence-corrected chi connectivity index (χ3v) is 5.48. The Hall–Kier alpha value is -3.17. The fraction of sp³-hybridized carbons (Fsp3) is 0.455. The monoisotopic (exact) mass is 449 g/mol. The molecule has 10 heteroatoms. The SMILES string of the molecule is N=C(/C=C\C(=N)N1CCCN(C(=O)c2ccccc2C(F)(F)F)C1)C(=O)NCCC1CC1. The van der Waals surface area contributed by atoms with E-state index in [9.17, 15) is 22.8 Å². The van der Waals surface area contributed by atoms with Gasteiger partial charge in [0.1, 0.15) is 11.5 Å². The number of halogens is 3. The first kappa shape index (κ1) is 23.5. The van der Waals surface area contributed by atoms with Crippen molar-refractivity contribution >= 4 is 23.4 Å². The number of hydrogen-bond donors (Lipinski definition) is 3. The van der Waals surface area contributed by atoms with Gasteiger partial charge in [-0.2, -0.15) is 13.2 Å². The van der Waals surface area contributed by atoms with Crippen LogP contribution in [-0.4, -0.2) is 59.5 Å². The van der Waals surface area contributed by atoms with E-state index in [0.29, 0.717) is 25.4 Å². The van der Waals surface area contributed by atoms with E-state index in [1.807, 2.05) is 0 Å². The maximum Gasteiger partial charge on any atom is 0.417 e. The van der Waals surface area contributed by atoms with Gasteiger partial charge in [0.15, 0.2) is 0 Å². The Balaban J connectivity index is 1.57. The molecule has 2 aliphatic rings. The Morgan fingerprint density at radius 1 is 1.09 bits per heavy atom. The second-order valence-corrected chi connectivity index (χ2v) is 7.99. The summed E-state index contributed by atoms with van der Waals surface area (Å²) in [7, 11) is 0. The number of carbonyl (C=O) groups excluding carboxylic acids is 2. The number of amides is 2. The number of hydrogen-bond acceptors (Lipinski definition) is 4. The molecular weight excluding hydrogens is 423 g/mol. The number of carbonyl (C=O) groups is 2. The molecule has 0 aromatic heterocycles. The number of nitrogens with zero attached hydrogens (tertiary/aromatic N) is 2. The molecule has 1 aliphatic heterocycles. The zero-order chi connectivity index (χ0) is 23.3. The lowest BCUT2D eigenvalue weighted by atomic mass is 10.1. The fourth-order valence-corrected chi connectivity index (χ4v) is 3.48. The van der Waals surface area contributed by atoms with Gasteiger partial charge in [-0.15, -0.1) is 0 Å². The van der Waals surface area contributed by atoms with Crippen LogP contribution in [0.3, 0.4) is 0 Å². The molecule has 0 unspecified atom stereocenters. The fourth-order valence-electron chi connectivity index (χ4n) is 3.48. The number of benzene rings is 1. The Morgan fingerprint density at radius 3 is 2.47 bits per heavy atom. The maximum absolute atomic E-state index is 13.3. The van der Waals surface area contributed by atoms with E-state index in [4.69, 9.17) is 10.8 Å². The Labute approximate surface area is 184 Å². The van der Waals surface area contributed by atoms with Gasteiger partial charge in [-0.3, -0.25) is 20.4 Å². The lowest BCUT2D eigenvalue weighted by molar-refractivity contribution is -0.138. The van der Waals surface area contributed by atoms with Crippen LogP contribution < -0.4 is 5.32 Å². The minimum absolute atomic E-state index is 0.0258. The first-order valence-electron chi connectivity index (χ1n) is 10.5. The van der Waals surface area contributed by atoms with Crippen molar-refractivity contribution in [1.29, 1.82) is 10.8 Å². The highest BCUT2D eigenvalue weighted by Gasteiger charge is 2.36. The summed E-state index contributed by atoms with van der Waals surface area (Å²) in [6.07, 6.45) is 1.61. The minimum atomic E-state index is -4.64. The highest BCUT2D eigenvalue weighted by Crippen LogP contribution is 2.33. The van der Waals surface area contributed by atoms with Crippen molar-refractivity contribution < 1.29 is 22.8 Å². The number of rotatable bonds is 7. The molecule has 172 valence electrons. The Bertz CT molecular complexity index is 924. The third-order valence-electron chi connectivity index (χ3n) is 5.48. The van der Waals surface area contributed by atoms with Gasteiger partial charge in [-0.25, -0.2) is 0 Å². The molecule has 2 amide bonds. The molecule has 0 spiro atoms. The van der Waals surface area contributed by atoms with Crippen molar-refractivity contribution in [2.24, 2.45) is 5.92 Å². The lowest BCUT2D eigenvalue weighted by Crippen LogP contribution is -2.49. The van der Waals surface area contributed by atoms with E-state index in [1.165, 1.54) is 46.9 Å². The predicted octanol–water partition coefficient (Wildman–Crippen LogP) is 3.28. The highest BCUT2D eigenvalue weighted by molar-refractivity contribution is 6.42. The zero-order valence-corrected chi connectivity index (χ0v) is 17.5. The summed E-state index contributed by atoms with van der Waals surface area (Å²) in [6, 6.07) is 4.65. The molecule has 0 radical (unpaired) electrons. The molecule has 1 aliphatic carbocycles. The standard InChI is InChI=1S/C22H26F3N5O2/c23-22(24,25)17-5-2-1-4-16(17)21(32)30-13-3-12-29(14-30)19(27)9-8-18(26)20(31)28-11-10-15-6-7-15/h1-2,4-5,8-9,15,26-27H,3,6-7,10-14H2,(H,28,31)/b9-8-,26-18?,27-19?. The van der Waals surface area contributed by atoms with Gasteiger partial charge in [0.05, 0.1) is 17.8 Å². The van der Waals surface area contributed by atoms with Gasteiger partial charge in [-0.1, -0.05) is 25.0 Å². The van der Waals surface area contributed by atoms with Crippen molar-refractivity contribution in [1.82, 2.24) is 15.1 Å². The van der Waals surface area contributed by atoms with Crippen LogP contribution >= 0.6 is 0 Å². The molecule has 1 saturated carbocycles. The first-order valence-corrected chi connectivity index (χ1v) is 10.5. The van der Waals surface area contributed by atoms with Crippen LogP contribution in [0.1, 0.15) is 41.6 Å². The summed E-state index contributed by atoms with van der Waals surface area (Å²) >= 11 is 0. The topological polar surface area (TPSA) is 100 Å². The molecule has 0 bridgehead atoms. The van der Waals surface area contributed by atoms with Crippen LogP contribution in [0.15, 0.2) is 36.4 Å². The largest absolute Gasteiger partial charge is 0.417 e. The van der Waals surface area contributed by atoms with Crippen molar-refractivity contribution in [2.45, 2.75) is 31.9 Å².